The molecule has 5 N–H and O–H groups in total. The van der Waals surface area contributed by atoms with E-state index in [2.05, 4.69) is 5.10 Å². The smallest absolute Gasteiger partial charge is 0.267 e. The minimum atomic E-state index is -3.92. The summed E-state index contributed by atoms with van der Waals surface area (Å²) in [7, 11) is -3.92. The van der Waals surface area contributed by atoms with E-state index in [1.807, 2.05) is 0 Å². The van der Waals surface area contributed by atoms with E-state index >= 15 is 0 Å². The number of nitrogen functional groups attached to an aromatic ring is 2. The van der Waals surface area contributed by atoms with Gasteiger partial charge < -0.3 is 11.5 Å². The highest BCUT2D eigenvalue weighted by Crippen LogP contribution is 2.14. The highest BCUT2D eigenvalue weighted by atomic mass is 32.2. The zero-order chi connectivity index (χ0) is 13.1. The predicted molar refractivity (Wildman–Crippen MR) is 65.9 cm³/mol. The van der Waals surface area contributed by atoms with Gasteiger partial charge in [0.2, 0.25) is 0 Å². The summed E-state index contributed by atoms with van der Waals surface area (Å²) < 4.78 is 31.9. The first-order valence-corrected chi connectivity index (χ1v) is 6.85. The number of anilines is 2. The Labute approximate surface area is 101 Å². The average Bonchev–Trinajstić information content (AvgIpc) is 2.54. The van der Waals surface area contributed by atoms with Crippen LogP contribution in [0.1, 0.15) is 26.2 Å². The van der Waals surface area contributed by atoms with Gasteiger partial charge in [0.05, 0.1) is 17.1 Å². The Morgan fingerprint density at radius 1 is 1.47 bits per heavy atom. The molecular weight excluding hydrogens is 244 g/mol. The van der Waals surface area contributed by atoms with Crippen molar-refractivity contribution in [2.24, 2.45) is 0 Å². The lowest BCUT2D eigenvalue weighted by atomic mass is 10.2. The number of nitrogens with zero attached hydrogens (tertiary/aromatic N) is 2. The standard InChI is InChI=1S/C9H18N4O3S/c1-7(17(14,15)16)4-2-3-5-13-9(11)8(10)6-12-13/h6-7H,2-5,10-11H2,1H3,(H,14,15,16). The number of rotatable bonds is 6. The summed E-state index contributed by atoms with van der Waals surface area (Å²) in [6.07, 6.45) is 3.29. The fourth-order valence-electron chi connectivity index (χ4n) is 1.43. The largest absolute Gasteiger partial charge is 0.394 e. The summed E-state index contributed by atoms with van der Waals surface area (Å²) in [6, 6.07) is 0. The van der Waals surface area contributed by atoms with Crippen LogP contribution in [0.2, 0.25) is 0 Å². The molecule has 0 amide bonds. The Balaban J connectivity index is 2.32. The van der Waals surface area contributed by atoms with Gasteiger partial charge in [0.1, 0.15) is 5.82 Å². The molecule has 1 rings (SSSR count). The third-order valence-corrected chi connectivity index (χ3v) is 3.90. The topological polar surface area (TPSA) is 124 Å². The van der Waals surface area contributed by atoms with Crippen LogP contribution < -0.4 is 11.5 Å². The predicted octanol–water partition coefficient (Wildman–Crippen LogP) is 0.494. The lowest BCUT2D eigenvalue weighted by Crippen LogP contribution is -2.16. The van der Waals surface area contributed by atoms with Crippen LogP contribution >= 0.6 is 0 Å². The summed E-state index contributed by atoms with van der Waals surface area (Å²) >= 11 is 0. The summed E-state index contributed by atoms with van der Waals surface area (Å²) in [5.74, 6) is 0.424. The fraction of sp³-hybridized carbons (Fsp3) is 0.667. The van der Waals surface area contributed by atoms with Gasteiger partial charge in [-0.25, -0.2) is 4.68 Å². The molecule has 1 atom stereocenters. The van der Waals surface area contributed by atoms with E-state index in [1.54, 1.807) is 4.68 Å². The van der Waals surface area contributed by atoms with Crippen molar-refractivity contribution in [1.29, 1.82) is 0 Å². The molecule has 0 aliphatic rings. The van der Waals surface area contributed by atoms with Crippen molar-refractivity contribution in [3.05, 3.63) is 6.20 Å². The number of nitrogens with two attached hydrogens (primary N) is 2. The Kier molecular flexibility index (Phi) is 4.35. The quantitative estimate of drug-likeness (QED) is 0.506. The second-order valence-corrected chi connectivity index (χ2v) is 5.86. The van der Waals surface area contributed by atoms with E-state index in [0.717, 1.165) is 6.42 Å². The summed E-state index contributed by atoms with van der Waals surface area (Å²) in [5, 5.41) is 3.25. The molecular formula is C9H18N4O3S. The normalized spacial score (nSPS) is 13.8. The number of unbranched alkanes of at least 4 members (excludes halogenated alkanes) is 1. The number of hydrogen-bond acceptors (Lipinski definition) is 5. The molecule has 0 aromatic carbocycles. The van der Waals surface area contributed by atoms with Gasteiger partial charge in [-0.3, -0.25) is 4.55 Å². The van der Waals surface area contributed by atoms with Crippen molar-refractivity contribution in [3.8, 4) is 0 Å². The highest BCUT2D eigenvalue weighted by molar-refractivity contribution is 7.86. The molecule has 1 aromatic rings. The lowest BCUT2D eigenvalue weighted by molar-refractivity contribution is 0.459. The number of aromatic nitrogens is 2. The zero-order valence-corrected chi connectivity index (χ0v) is 10.5. The second-order valence-electron chi connectivity index (χ2n) is 4.03. The molecule has 0 aliphatic carbocycles. The zero-order valence-electron chi connectivity index (χ0n) is 9.70. The highest BCUT2D eigenvalue weighted by Gasteiger charge is 2.16. The Morgan fingerprint density at radius 2 is 2.12 bits per heavy atom. The molecule has 0 aliphatic heterocycles. The van der Waals surface area contributed by atoms with Gasteiger partial charge in [0.25, 0.3) is 10.1 Å². The molecule has 0 saturated heterocycles. The van der Waals surface area contributed by atoms with Crippen LogP contribution in [0.5, 0.6) is 0 Å². The Bertz CT molecular complexity index is 469. The number of aryl methyl sites for hydroxylation is 1. The molecule has 1 unspecified atom stereocenters. The van der Waals surface area contributed by atoms with E-state index in [9.17, 15) is 8.42 Å². The average molecular weight is 262 g/mol. The maximum absolute atomic E-state index is 10.8. The van der Waals surface area contributed by atoms with Gasteiger partial charge >= 0.3 is 0 Å². The Hall–Kier alpha value is -1.28. The molecule has 1 aromatic heterocycles. The molecule has 8 heteroatoms. The van der Waals surface area contributed by atoms with Gasteiger partial charge in [-0.15, -0.1) is 0 Å². The minimum Gasteiger partial charge on any atom is -0.394 e. The first kappa shape index (κ1) is 13.8. The lowest BCUT2D eigenvalue weighted by Gasteiger charge is -2.08. The van der Waals surface area contributed by atoms with Crippen LogP contribution in [-0.2, 0) is 16.7 Å². The van der Waals surface area contributed by atoms with E-state index in [0.29, 0.717) is 30.9 Å². The molecule has 0 spiro atoms. The summed E-state index contributed by atoms with van der Waals surface area (Å²) in [6.45, 7) is 2.07. The van der Waals surface area contributed by atoms with Crippen LogP contribution in [0.15, 0.2) is 6.20 Å². The van der Waals surface area contributed by atoms with Gasteiger partial charge in [0.15, 0.2) is 0 Å². The van der Waals surface area contributed by atoms with E-state index in [-0.39, 0.29) is 0 Å². The first-order chi connectivity index (χ1) is 7.82. The number of hydrogen-bond donors (Lipinski definition) is 3. The maximum Gasteiger partial charge on any atom is 0.267 e. The molecule has 0 saturated carbocycles. The van der Waals surface area contributed by atoms with Crippen molar-refractivity contribution in [3.63, 3.8) is 0 Å². The monoisotopic (exact) mass is 262 g/mol. The molecule has 17 heavy (non-hydrogen) atoms. The molecule has 0 bridgehead atoms. The SMILES string of the molecule is CC(CCCCn1ncc(N)c1N)S(=O)(=O)O. The molecule has 98 valence electrons. The van der Waals surface area contributed by atoms with Crippen molar-refractivity contribution < 1.29 is 13.0 Å². The minimum absolute atomic E-state index is 0.412. The second kappa shape index (κ2) is 5.37. The Morgan fingerprint density at radius 3 is 2.59 bits per heavy atom. The van der Waals surface area contributed by atoms with Gasteiger partial charge in [-0.05, 0) is 19.8 Å². The van der Waals surface area contributed by atoms with Crippen molar-refractivity contribution in [1.82, 2.24) is 9.78 Å². The van der Waals surface area contributed by atoms with Crippen LogP contribution in [0.4, 0.5) is 11.5 Å². The van der Waals surface area contributed by atoms with Crippen molar-refractivity contribution in [2.45, 2.75) is 38.0 Å². The van der Waals surface area contributed by atoms with E-state index in [1.165, 1.54) is 13.1 Å². The summed E-state index contributed by atoms with van der Waals surface area (Å²) in [5.41, 5.74) is 11.6. The van der Waals surface area contributed by atoms with Crippen LogP contribution in [0, 0.1) is 0 Å². The molecule has 7 nitrogen and oxygen atoms in total. The summed E-state index contributed by atoms with van der Waals surface area (Å²) in [4.78, 5) is 0. The molecule has 0 radical (unpaired) electrons. The third-order valence-electron chi connectivity index (χ3n) is 2.65. The van der Waals surface area contributed by atoms with Crippen LogP contribution in [-0.4, -0.2) is 28.0 Å². The third kappa shape index (κ3) is 3.90. The van der Waals surface area contributed by atoms with Gasteiger partial charge in [-0.2, -0.15) is 13.5 Å². The van der Waals surface area contributed by atoms with E-state index in [4.69, 9.17) is 16.0 Å². The molecule has 1 heterocycles. The first-order valence-electron chi connectivity index (χ1n) is 5.35. The maximum atomic E-state index is 10.8. The molecule has 0 fully saturated rings. The fourth-order valence-corrected chi connectivity index (χ4v) is 1.89. The van der Waals surface area contributed by atoms with Crippen molar-refractivity contribution >= 4 is 21.6 Å². The van der Waals surface area contributed by atoms with Gasteiger partial charge in [-0.1, -0.05) is 6.42 Å². The van der Waals surface area contributed by atoms with E-state index < -0.39 is 15.4 Å². The van der Waals surface area contributed by atoms with Crippen LogP contribution in [0.3, 0.4) is 0 Å². The van der Waals surface area contributed by atoms with Gasteiger partial charge in [0, 0.05) is 6.54 Å². The van der Waals surface area contributed by atoms with Crippen molar-refractivity contribution in [2.75, 3.05) is 11.5 Å². The van der Waals surface area contributed by atoms with Crippen LogP contribution in [0.25, 0.3) is 0 Å².